The van der Waals surface area contributed by atoms with Gasteiger partial charge in [0.05, 0.1) is 5.69 Å². The highest BCUT2D eigenvalue weighted by molar-refractivity contribution is 6.30. The molecule has 5 nitrogen and oxygen atoms in total. The number of hydrogen-bond acceptors (Lipinski definition) is 5. The minimum atomic E-state index is -0.488. The maximum absolute atomic E-state index is 15.1. The first-order valence-corrected chi connectivity index (χ1v) is 10.3. The molecule has 7 heteroatoms. The Morgan fingerprint density at radius 2 is 1.93 bits per heavy atom. The third kappa shape index (κ3) is 3.06. The van der Waals surface area contributed by atoms with Crippen LogP contribution in [0.15, 0.2) is 6.20 Å². The van der Waals surface area contributed by atoms with Crippen molar-refractivity contribution in [1.29, 1.82) is 0 Å². The molecule has 2 aromatic rings. The van der Waals surface area contributed by atoms with Gasteiger partial charge < -0.3 is 10.0 Å². The van der Waals surface area contributed by atoms with Crippen LogP contribution in [0.4, 0.5) is 10.2 Å². The zero-order chi connectivity index (χ0) is 20.2. The number of pyridine rings is 2. The van der Waals surface area contributed by atoms with Gasteiger partial charge in [-0.05, 0) is 38.8 Å². The van der Waals surface area contributed by atoms with Crippen molar-refractivity contribution >= 4 is 28.2 Å². The fourth-order valence-electron chi connectivity index (χ4n) is 4.95. The Bertz CT molecular complexity index is 905. The predicted octanol–water partition coefficient (Wildman–Crippen LogP) is 3.67. The standard InChI is InChI=1S/C21H28ClFN4O/c1-12-16-15(9-24-19(22)17(16)23)20(25-18(12)21(2,3)7-8-28)27-10-13-5-6-14(11-27)26(13)4/h9,13-14,28H,5-8,10-11H2,1-4H3. The van der Waals surface area contributed by atoms with E-state index in [0.717, 1.165) is 30.2 Å². The Morgan fingerprint density at radius 1 is 1.29 bits per heavy atom. The molecule has 152 valence electrons. The Labute approximate surface area is 170 Å². The molecule has 2 aliphatic heterocycles. The van der Waals surface area contributed by atoms with Crippen molar-refractivity contribution < 1.29 is 9.50 Å². The maximum Gasteiger partial charge on any atom is 0.168 e. The van der Waals surface area contributed by atoms with E-state index in [1.807, 2.05) is 20.8 Å². The number of likely N-dealkylation sites (N-methyl/N-ethyl adjacent to an activating group) is 1. The van der Waals surface area contributed by atoms with Gasteiger partial charge in [0, 0.05) is 54.2 Å². The molecule has 0 spiro atoms. The molecule has 2 aliphatic rings. The van der Waals surface area contributed by atoms with Crippen molar-refractivity contribution in [2.24, 2.45) is 0 Å². The molecule has 0 saturated carbocycles. The molecule has 2 bridgehead atoms. The highest BCUT2D eigenvalue weighted by Crippen LogP contribution is 2.40. The van der Waals surface area contributed by atoms with Crippen LogP contribution < -0.4 is 4.90 Å². The summed E-state index contributed by atoms with van der Waals surface area (Å²) in [4.78, 5) is 13.9. The number of halogens is 2. The predicted molar refractivity (Wildman–Crippen MR) is 111 cm³/mol. The summed E-state index contributed by atoms with van der Waals surface area (Å²) in [6.07, 6.45) is 4.57. The molecule has 2 saturated heterocycles. The highest BCUT2D eigenvalue weighted by atomic mass is 35.5. The van der Waals surface area contributed by atoms with Crippen molar-refractivity contribution in [3.05, 3.63) is 28.4 Å². The zero-order valence-electron chi connectivity index (χ0n) is 17.0. The fourth-order valence-corrected chi connectivity index (χ4v) is 5.10. The Hall–Kier alpha value is -1.50. The second kappa shape index (κ2) is 7.08. The largest absolute Gasteiger partial charge is 0.396 e. The van der Waals surface area contributed by atoms with Crippen LogP contribution in [0.2, 0.25) is 5.15 Å². The number of anilines is 1. The lowest BCUT2D eigenvalue weighted by atomic mass is 9.82. The van der Waals surface area contributed by atoms with E-state index >= 15 is 4.39 Å². The average Bonchev–Trinajstić information content (AvgIpc) is 2.85. The second-order valence-corrected chi connectivity index (χ2v) is 9.23. The number of aliphatic hydroxyl groups is 1. The minimum Gasteiger partial charge on any atom is -0.396 e. The summed E-state index contributed by atoms with van der Waals surface area (Å²) in [5.74, 6) is 0.299. The van der Waals surface area contributed by atoms with Gasteiger partial charge in [0.2, 0.25) is 0 Å². The molecule has 0 aliphatic carbocycles. The lowest BCUT2D eigenvalue weighted by Gasteiger charge is -2.40. The quantitative estimate of drug-likeness (QED) is 0.785. The molecule has 0 aromatic carbocycles. The van der Waals surface area contributed by atoms with Crippen LogP contribution in [0.1, 0.15) is 44.4 Å². The highest BCUT2D eigenvalue weighted by Gasteiger charge is 2.39. The summed E-state index contributed by atoms with van der Waals surface area (Å²) in [7, 11) is 2.19. The molecule has 2 fully saturated rings. The molecular formula is C21H28ClFN4O. The zero-order valence-corrected chi connectivity index (χ0v) is 17.7. The molecule has 4 heterocycles. The number of piperazine rings is 1. The van der Waals surface area contributed by atoms with E-state index in [0.29, 0.717) is 29.3 Å². The number of aliphatic hydroxyl groups excluding tert-OH is 1. The van der Waals surface area contributed by atoms with Gasteiger partial charge in [-0.1, -0.05) is 25.4 Å². The fraction of sp³-hybridized carbons (Fsp3) is 0.619. The van der Waals surface area contributed by atoms with Gasteiger partial charge in [0.1, 0.15) is 5.82 Å². The second-order valence-electron chi connectivity index (χ2n) is 8.87. The van der Waals surface area contributed by atoms with Crippen LogP contribution in [0, 0.1) is 12.7 Å². The van der Waals surface area contributed by atoms with E-state index in [9.17, 15) is 5.11 Å². The van der Waals surface area contributed by atoms with Gasteiger partial charge in [-0.15, -0.1) is 0 Å². The molecule has 2 aromatic heterocycles. The summed E-state index contributed by atoms with van der Waals surface area (Å²) in [6, 6.07) is 0.992. The van der Waals surface area contributed by atoms with Crippen molar-refractivity contribution in [3.63, 3.8) is 0 Å². The van der Waals surface area contributed by atoms with E-state index < -0.39 is 5.82 Å². The molecule has 1 N–H and O–H groups in total. The van der Waals surface area contributed by atoms with E-state index in [2.05, 4.69) is 21.8 Å². The van der Waals surface area contributed by atoms with E-state index in [1.54, 1.807) is 6.20 Å². The molecule has 0 radical (unpaired) electrons. The van der Waals surface area contributed by atoms with Gasteiger partial charge in [-0.3, -0.25) is 4.90 Å². The molecule has 2 unspecified atom stereocenters. The lowest BCUT2D eigenvalue weighted by Crippen LogP contribution is -2.52. The molecular weight excluding hydrogens is 379 g/mol. The monoisotopic (exact) mass is 406 g/mol. The van der Waals surface area contributed by atoms with Crippen LogP contribution >= 0.6 is 11.6 Å². The van der Waals surface area contributed by atoms with Gasteiger partial charge in [0.25, 0.3) is 0 Å². The van der Waals surface area contributed by atoms with Crippen molar-refractivity contribution in [1.82, 2.24) is 14.9 Å². The van der Waals surface area contributed by atoms with Crippen LogP contribution in [0.25, 0.3) is 10.8 Å². The van der Waals surface area contributed by atoms with E-state index in [1.165, 1.54) is 12.8 Å². The van der Waals surface area contributed by atoms with Gasteiger partial charge in [-0.25, -0.2) is 14.4 Å². The number of nitrogens with zero attached hydrogens (tertiary/aromatic N) is 4. The summed E-state index contributed by atoms with van der Waals surface area (Å²) in [5, 5.41) is 10.6. The Balaban J connectivity index is 1.93. The topological polar surface area (TPSA) is 52.5 Å². The van der Waals surface area contributed by atoms with E-state index in [4.69, 9.17) is 16.6 Å². The van der Waals surface area contributed by atoms with Crippen molar-refractivity contribution in [2.75, 3.05) is 31.6 Å². The number of aromatic nitrogens is 2. The summed E-state index contributed by atoms with van der Waals surface area (Å²) >= 11 is 6.03. The Morgan fingerprint density at radius 3 is 2.54 bits per heavy atom. The normalized spacial score (nSPS) is 23.0. The number of hydrogen-bond donors (Lipinski definition) is 1. The van der Waals surface area contributed by atoms with Crippen LogP contribution in [0.3, 0.4) is 0 Å². The van der Waals surface area contributed by atoms with Crippen LogP contribution in [-0.4, -0.2) is 58.8 Å². The lowest BCUT2D eigenvalue weighted by molar-refractivity contribution is 0.212. The first-order chi connectivity index (χ1) is 13.2. The van der Waals surface area contributed by atoms with Crippen LogP contribution in [-0.2, 0) is 5.41 Å². The SMILES string of the molecule is Cc1c(C(C)(C)CCO)nc(N2CC3CCC(C2)N3C)c2cnc(Cl)c(F)c12. The molecule has 0 amide bonds. The third-order valence-corrected chi connectivity index (χ3v) is 6.95. The van der Waals surface area contributed by atoms with Gasteiger partial charge in [-0.2, -0.15) is 0 Å². The van der Waals surface area contributed by atoms with E-state index in [-0.39, 0.29) is 17.2 Å². The summed E-state index contributed by atoms with van der Waals surface area (Å²) in [5.41, 5.74) is 1.21. The number of fused-ring (bicyclic) bond motifs is 3. The van der Waals surface area contributed by atoms with Gasteiger partial charge in [0.15, 0.2) is 11.0 Å². The molecule has 28 heavy (non-hydrogen) atoms. The average molecular weight is 407 g/mol. The first kappa shape index (κ1) is 19.8. The number of aryl methyl sites for hydroxylation is 1. The summed E-state index contributed by atoms with van der Waals surface area (Å²) < 4.78 is 15.1. The Kier molecular flexibility index (Phi) is 5.01. The first-order valence-electron chi connectivity index (χ1n) is 9.97. The van der Waals surface area contributed by atoms with Crippen LogP contribution in [0.5, 0.6) is 0 Å². The van der Waals surface area contributed by atoms with Crippen molar-refractivity contribution in [3.8, 4) is 0 Å². The van der Waals surface area contributed by atoms with Gasteiger partial charge >= 0.3 is 0 Å². The molecule has 4 rings (SSSR count). The number of rotatable bonds is 4. The molecule has 2 atom stereocenters. The maximum atomic E-state index is 15.1. The third-order valence-electron chi connectivity index (χ3n) is 6.69. The minimum absolute atomic E-state index is 0.0553. The van der Waals surface area contributed by atoms with Crippen molar-refractivity contribution in [2.45, 2.75) is 57.5 Å². The summed E-state index contributed by atoms with van der Waals surface area (Å²) in [6.45, 7) is 7.79. The smallest absolute Gasteiger partial charge is 0.168 e.